The maximum absolute atomic E-state index is 10.7. The lowest BCUT2D eigenvalue weighted by atomic mass is 9.62. The van der Waals surface area contributed by atoms with Crippen LogP contribution in [0.2, 0.25) is 0 Å². The predicted molar refractivity (Wildman–Crippen MR) is 169 cm³/mol. The lowest BCUT2D eigenvalue weighted by Gasteiger charge is -2.49. The van der Waals surface area contributed by atoms with Gasteiger partial charge in [-0.1, -0.05) is 110 Å². The maximum atomic E-state index is 10.7. The summed E-state index contributed by atoms with van der Waals surface area (Å²) in [4.78, 5) is 21.5. The second kappa shape index (κ2) is 15.7. The second-order valence-electron chi connectivity index (χ2n) is 12.6. The molecule has 4 heteroatoms. The van der Waals surface area contributed by atoms with Crippen molar-refractivity contribution in [3.05, 3.63) is 68.8 Å². The van der Waals surface area contributed by atoms with Crippen molar-refractivity contribution < 1.29 is 14.3 Å². The Morgan fingerprint density at radius 2 is 0.872 bits per heavy atom. The van der Waals surface area contributed by atoms with Crippen LogP contribution in [-0.2, 0) is 35.8 Å². The van der Waals surface area contributed by atoms with Gasteiger partial charge in [0.05, 0.1) is 0 Å². The van der Waals surface area contributed by atoms with Crippen molar-refractivity contribution in [2.45, 2.75) is 145 Å². The van der Waals surface area contributed by atoms with Gasteiger partial charge in [0.2, 0.25) is 0 Å². The normalized spacial score (nSPS) is 12.5. The quantitative estimate of drug-likeness (QED) is 0.202. The second-order valence-corrected chi connectivity index (χ2v) is 13.3. The van der Waals surface area contributed by atoms with E-state index >= 15 is 0 Å². The van der Waals surface area contributed by atoms with E-state index in [0.29, 0.717) is 0 Å². The molecule has 0 saturated heterocycles. The van der Waals surface area contributed by atoms with Crippen LogP contribution in [-0.4, -0.2) is 9.79 Å². The number of aryl methyl sites for hydroxylation is 6. The number of hydrogen-bond acceptors (Lipinski definition) is 3. The molecule has 0 spiro atoms. The molecule has 2 aromatic rings. The standard InChI is InChI=1S/C35H57O3P/c1-10-14-18-28-22-26(5)23-29(19-15-11-2)32(28)35(34(7,8)9,38-39(36)37)33-30(20-16-12-3)24-27(6)25-31(33)21-17-13-4/h22-25,36-37H,10-21H2,1-9H3. The predicted octanol–water partition coefficient (Wildman–Crippen LogP) is 10.2. The van der Waals surface area contributed by atoms with Gasteiger partial charge in [-0.2, -0.15) is 0 Å². The lowest BCUT2D eigenvalue weighted by molar-refractivity contribution is -0.0129. The highest BCUT2D eigenvalue weighted by molar-refractivity contribution is 7.39. The zero-order valence-corrected chi connectivity index (χ0v) is 27.4. The number of rotatable bonds is 16. The van der Waals surface area contributed by atoms with Crippen LogP contribution in [0.15, 0.2) is 24.3 Å². The Bertz CT molecular complexity index is 907. The minimum Gasteiger partial charge on any atom is -0.328 e. The van der Waals surface area contributed by atoms with Gasteiger partial charge in [-0.25, -0.2) is 0 Å². The summed E-state index contributed by atoms with van der Waals surface area (Å²) in [5, 5.41) is 0. The molecule has 2 aromatic carbocycles. The van der Waals surface area contributed by atoms with Crippen LogP contribution in [0.1, 0.15) is 144 Å². The van der Waals surface area contributed by atoms with Crippen LogP contribution in [0, 0.1) is 19.3 Å². The molecule has 0 aliphatic rings. The van der Waals surface area contributed by atoms with Crippen LogP contribution in [0.4, 0.5) is 0 Å². The third kappa shape index (κ3) is 8.38. The Labute approximate surface area is 241 Å². The van der Waals surface area contributed by atoms with Crippen LogP contribution in [0.3, 0.4) is 0 Å². The van der Waals surface area contributed by atoms with Gasteiger partial charge in [0.15, 0.2) is 0 Å². The van der Waals surface area contributed by atoms with Crippen molar-refractivity contribution in [2.24, 2.45) is 5.41 Å². The van der Waals surface area contributed by atoms with E-state index in [2.05, 4.69) is 86.6 Å². The molecule has 2 rings (SSSR count). The largest absolute Gasteiger partial charge is 0.328 e. The minimum atomic E-state index is -2.62. The first-order chi connectivity index (χ1) is 18.5. The van der Waals surface area contributed by atoms with Crippen LogP contribution in [0.5, 0.6) is 0 Å². The molecule has 220 valence electrons. The molecule has 39 heavy (non-hydrogen) atoms. The molecule has 3 nitrogen and oxygen atoms in total. The van der Waals surface area contributed by atoms with Crippen molar-refractivity contribution in [3.8, 4) is 0 Å². The average Bonchev–Trinajstić information content (AvgIpc) is 2.85. The molecule has 0 aliphatic heterocycles. The molecule has 0 aliphatic carbocycles. The smallest absolute Gasteiger partial charge is 0.328 e. The molecule has 2 N–H and O–H groups in total. The van der Waals surface area contributed by atoms with Crippen molar-refractivity contribution in [2.75, 3.05) is 0 Å². The molecule has 0 saturated carbocycles. The van der Waals surface area contributed by atoms with E-state index in [4.69, 9.17) is 4.52 Å². The van der Waals surface area contributed by atoms with E-state index in [1.165, 1.54) is 44.5 Å². The van der Waals surface area contributed by atoms with E-state index in [-0.39, 0.29) is 0 Å². The van der Waals surface area contributed by atoms with Gasteiger partial charge in [-0.15, -0.1) is 0 Å². The topological polar surface area (TPSA) is 49.7 Å². The molecule has 0 bridgehead atoms. The Hall–Kier alpha value is -1.25. The molecule has 0 amide bonds. The average molecular weight is 557 g/mol. The molecule has 0 heterocycles. The van der Waals surface area contributed by atoms with Gasteiger partial charge >= 0.3 is 8.60 Å². The van der Waals surface area contributed by atoms with E-state index in [1.54, 1.807) is 0 Å². The fraction of sp³-hybridized carbons (Fsp3) is 0.657. The number of unbranched alkanes of at least 4 members (excludes halogenated alkanes) is 4. The van der Waals surface area contributed by atoms with E-state index in [1.807, 2.05) is 0 Å². The first kappa shape index (κ1) is 34.0. The molecule has 0 radical (unpaired) electrons. The van der Waals surface area contributed by atoms with E-state index < -0.39 is 19.6 Å². The third-order valence-corrected chi connectivity index (χ3v) is 8.51. The van der Waals surface area contributed by atoms with Crippen LogP contribution < -0.4 is 0 Å². The van der Waals surface area contributed by atoms with Gasteiger partial charge in [-0.05, 0) is 98.6 Å². The Kier molecular flexibility index (Phi) is 13.6. The minimum absolute atomic E-state index is 0.437. The fourth-order valence-electron chi connectivity index (χ4n) is 6.27. The summed E-state index contributed by atoms with van der Waals surface area (Å²) >= 11 is 0. The number of benzene rings is 2. The third-order valence-electron chi connectivity index (χ3n) is 8.07. The van der Waals surface area contributed by atoms with Crippen LogP contribution >= 0.6 is 8.60 Å². The lowest BCUT2D eigenvalue weighted by Crippen LogP contribution is -2.46. The highest BCUT2D eigenvalue weighted by atomic mass is 31.2. The van der Waals surface area contributed by atoms with E-state index in [9.17, 15) is 9.79 Å². The summed E-state index contributed by atoms with van der Waals surface area (Å²) in [6, 6.07) is 9.36. The summed E-state index contributed by atoms with van der Waals surface area (Å²) in [6.07, 6.45) is 12.7. The van der Waals surface area contributed by atoms with Crippen molar-refractivity contribution >= 4 is 8.60 Å². The monoisotopic (exact) mass is 556 g/mol. The fourth-order valence-corrected chi connectivity index (χ4v) is 6.97. The van der Waals surface area contributed by atoms with Crippen molar-refractivity contribution in [1.82, 2.24) is 0 Å². The number of hydrogen-bond donors (Lipinski definition) is 2. The van der Waals surface area contributed by atoms with Crippen LogP contribution in [0.25, 0.3) is 0 Å². The molecular formula is C35H57O3P. The summed E-state index contributed by atoms with van der Waals surface area (Å²) in [5.74, 6) is 0. The zero-order chi connectivity index (χ0) is 29.2. The molecular weight excluding hydrogens is 499 g/mol. The van der Waals surface area contributed by atoms with Crippen molar-refractivity contribution in [1.29, 1.82) is 0 Å². The van der Waals surface area contributed by atoms with E-state index in [0.717, 1.165) is 77.0 Å². The summed E-state index contributed by atoms with van der Waals surface area (Å²) in [7, 11) is -2.62. The Morgan fingerprint density at radius 1 is 0.590 bits per heavy atom. The van der Waals surface area contributed by atoms with Gasteiger partial charge < -0.3 is 9.79 Å². The zero-order valence-electron chi connectivity index (χ0n) is 26.5. The molecule has 0 fully saturated rings. The summed E-state index contributed by atoms with van der Waals surface area (Å²) in [6.45, 7) is 20.1. The highest BCUT2D eigenvalue weighted by Gasteiger charge is 2.52. The first-order valence-corrected chi connectivity index (χ1v) is 16.8. The van der Waals surface area contributed by atoms with Crippen molar-refractivity contribution in [3.63, 3.8) is 0 Å². The van der Waals surface area contributed by atoms with Gasteiger partial charge in [0, 0.05) is 5.41 Å². The van der Waals surface area contributed by atoms with Gasteiger partial charge in [0.1, 0.15) is 5.60 Å². The molecule has 0 unspecified atom stereocenters. The maximum Gasteiger partial charge on any atom is 0.328 e. The molecule has 0 atom stereocenters. The summed E-state index contributed by atoms with van der Waals surface area (Å²) < 4.78 is 6.71. The molecule has 0 aromatic heterocycles. The highest BCUT2D eigenvalue weighted by Crippen LogP contribution is 2.57. The van der Waals surface area contributed by atoms with Gasteiger partial charge in [0.25, 0.3) is 0 Å². The summed E-state index contributed by atoms with van der Waals surface area (Å²) in [5.41, 5.74) is 8.73. The Balaban J connectivity index is 3.20. The van der Waals surface area contributed by atoms with Gasteiger partial charge in [-0.3, -0.25) is 4.52 Å². The first-order valence-electron chi connectivity index (χ1n) is 15.6. The Morgan fingerprint density at radius 3 is 1.08 bits per heavy atom. The SMILES string of the molecule is CCCCc1cc(C)cc(CCCC)c1C(OP(O)O)(c1c(CCCC)cc(C)cc1CCCC)C(C)(C)C.